The minimum Gasteiger partial charge on any atom is -0.375 e. The molecule has 0 amide bonds. The van der Waals surface area contributed by atoms with Gasteiger partial charge in [-0.2, -0.15) is 0 Å². The van der Waals surface area contributed by atoms with Gasteiger partial charge in [0, 0.05) is 6.04 Å². The summed E-state index contributed by atoms with van der Waals surface area (Å²) in [6, 6.07) is 0.845. The SMILES string of the molecule is CC1CCC(C/C=C/CCNC2CC2)O1. The Morgan fingerprint density at radius 3 is 2.73 bits per heavy atom. The van der Waals surface area contributed by atoms with Crippen molar-refractivity contribution < 1.29 is 4.74 Å². The van der Waals surface area contributed by atoms with Gasteiger partial charge < -0.3 is 10.1 Å². The van der Waals surface area contributed by atoms with Crippen LogP contribution < -0.4 is 5.32 Å². The largest absolute Gasteiger partial charge is 0.375 e. The minimum absolute atomic E-state index is 0.486. The lowest BCUT2D eigenvalue weighted by molar-refractivity contribution is 0.0579. The number of rotatable bonds is 6. The zero-order chi connectivity index (χ0) is 10.5. The van der Waals surface area contributed by atoms with Gasteiger partial charge in [0.1, 0.15) is 0 Å². The lowest BCUT2D eigenvalue weighted by Gasteiger charge is -2.07. The molecule has 1 saturated heterocycles. The minimum atomic E-state index is 0.486. The van der Waals surface area contributed by atoms with Crippen molar-refractivity contribution in [2.45, 2.75) is 63.7 Å². The second-order valence-electron chi connectivity index (χ2n) is 4.87. The normalized spacial score (nSPS) is 31.5. The molecule has 2 unspecified atom stereocenters. The van der Waals surface area contributed by atoms with E-state index in [2.05, 4.69) is 24.4 Å². The van der Waals surface area contributed by atoms with E-state index in [1.807, 2.05) is 0 Å². The highest BCUT2D eigenvalue weighted by molar-refractivity contribution is 4.88. The van der Waals surface area contributed by atoms with Crippen LogP contribution in [0.3, 0.4) is 0 Å². The van der Waals surface area contributed by atoms with Crippen molar-refractivity contribution in [3.8, 4) is 0 Å². The van der Waals surface area contributed by atoms with Crippen LogP contribution in [0, 0.1) is 0 Å². The summed E-state index contributed by atoms with van der Waals surface area (Å²) in [6.45, 7) is 3.31. The monoisotopic (exact) mass is 209 g/mol. The van der Waals surface area contributed by atoms with Crippen molar-refractivity contribution >= 4 is 0 Å². The topological polar surface area (TPSA) is 21.3 Å². The average molecular weight is 209 g/mol. The molecule has 2 aliphatic rings. The first-order valence-corrected chi connectivity index (χ1v) is 6.38. The third-order valence-electron chi connectivity index (χ3n) is 3.21. The first kappa shape index (κ1) is 11.2. The van der Waals surface area contributed by atoms with Gasteiger partial charge in [0.25, 0.3) is 0 Å². The molecule has 0 aromatic carbocycles. The summed E-state index contributed by atoms with van der Waals surface area (Å²) in [6.07, 6.45) is 13.1. The Hall–Kier alpha value is -0.340. The molecule has 1 saturated carbocycles. The molecule has 0 aromatic heterocycles. The van der Waals surface area contributed by atoms with Crippen LogP contribution in [0.25, 0.3) is 0 Å². The molecule has 1 aliphatic carbocycles. The Kier molecular flexibility index (Phi) is 4.21. The van der Waals surface area contributed by atoms with Gasteiger partial charge in [-0.05, 0) is 52.0 Å². The molecule has 2 atom stereocenters. The Labute approximate surface area is 93.1 Å². The van der Waals surface area contributed by atoms with Crippen LogP contribution in [-0.2, 0) is 4.74 Å². The molecule has 1 N–H and O–H groups in total. The standard InChI is InChI=1S/C13H23NO/c1-11-6-9-13(15-11)5-3-2-4-10-14-12-7-8-12/h2-3,11-14H,4-10H2,1H3/b3-2+. The van der Waals surface area contributed by atoms with Gasteiger partial charge in [-0.3, -0.25) is 0 Å². The summed E-state index contributed by atoms with van der Waals surface area (Å²) in [5, 5.41) is 3.51. The predicted molar refractivity (Wildman–Crippen MR) is 63.0 cm³/mol. The number of ether oxygens (including phenoxy) is 1. The maximum absolute atomic E-state index is 5.75. The lowest BCUT2D eigenvalue weighted by atomic mass is 10.1. The quantitative estimate of drug-likeness (QED) is 0.536. The highest BCUT2D eigenvalue weighted by Crippen LogP contribution is 2.21. The highest BCUT2D eigenvalue weighted by atomic mass is 16.5. The van der Waals surface area contributed by atoms with Crippen LogP contribution in [0.5, 0.6) is 0 Å². The predicted octanol–water partition coefficient (Wildman–Crippen LogP) is 2.64. The molecule has 2 fully saturated rings. The van der Waals surface area contributed by atoms with Gasteiger partial charge in [0.15, 0.2) is 0 Å². The van der Waals surface area contributed by atoms with Gasteiger partial charge >= 0.3 is 0 Å². The molecular weight excluding hydrogens is 186 g/mol. The summed E-state index contributed by atoms with van der Waals surface area (Å²) < 4.78 is 5.75. The van der Waals surface area contributed by atoms with Crippen molar-refractivity contribution in [2.75, 3.05) is 6.54 Å². The van der Waals surface area contributed by atoms with Crippen molar-refractivity contribution in [1.82, 2.24) is 5.32 Å². The molecule has 0 radical (unpaired) electrons. The molecule has 0 aromatic rings. The summed E-state index contributed by atoms with van der Waals surface area (Å²) in [4.78, 5) is 0. The molecule has 15 heavy (non-hydrogen) atoms. The Morgan fingerprint density at radius 1 is 1.20 bits per heavy atom. The van der Waals surface area contributed by atoms with E-state index in [9.17, 15) is 0 Å². The van der Waals surface area contributed by atoms with Gasteiger partial charge in [-0.15, -0.1) is 0 Å². The lowest BCUT2D eigenvalue weighted by Crippen LogP contribution is -2.16. The van der Waals surface area contributed by atoms with Gasteiger partial charge in [0.2, 0.25) is 0 Å². The van der Waals surface area contributed by atoms with E-state index in [1.54, 1.807) is 0 Å². The maximum Gasteiger partial charge on any atom is 0.0614 e. The molecule has 2 nitrogen and oxygen atoms in total. The van der Waals surface area contributed by atoms with E-state index in [0.717, 1.165) is 19.0 Å². The fraction of sp³-hybridized carbons (Fsp3) is 0.846. The van der Waals surface area contributed by atoms with Crippen LogP contribution >= 0.6 is 0 Å². The van der Waals surface area contributed by atoms with Gasteiger partial charge in [-0.25, -0.2) is 0 Å². The third kappa shape index (κ3) is 4.35. The second-order valence-corrected chi connectivity index (χ2v) is 4.87. The van der Waals surface area contributed by atoms with Gasteiger partial charge in [-0.1, -0.05) is 12.2 Å². The molecule has 2 rings (SSSR count). The highest BCUT2D eigenvalue weighted by Gasteiger charge is 2.20. The van der Waals surface area contributed by atoms with E-state index in [1.165, 1.54) is 32.1 Å². The van der Waals surface area contributed by atoms with Crippen LogP contribution in [0.1, 0.15) is 45.4 Å². The number of nitrogens with one attached hydrogen (secondary N) is 1. The Bertz CT molecular complexity index is 211. The van der Waals surface area contributed by atoms with Crippen molar-refractivity contribution in [1.29, 1.82) is 0 Å². The first-order valence-electron chi connectivity index (χ1n) is 6.38. The van der Waals surface area contributed by atoms with E-state index in [-0.39, 0.29) is 0 Å². The van der Waals surface area contributed by atoms with Gasteiger partial charge in [0.05, 0.1) is 12.2 Å². The van der Waals surface area contributed by atoms with Crippen LogP contribution in [0.4, 0.5) is 0 Å². The first-order chi connectivity index (χ1) is 7.34. The zero-order valence-electron chi connectivity index (χ0n) is 9.74. The smallest absolute Gasteiger partial charge is 0.0614 e. The summed E-state index contributed by atoms with van der Waals surface area (Å²) in [7, 11) is 0. The number of hydrogen-bond acceptors (Lipinski definition) is 2. The summed E-state index contributed by atoms with van der Waals surface area (Å²) in [5.74, 6) is 0. The Balaban J connectivity index is 1.47. The van der Waals surface area contributed by atoms with E-state index < -0.39 is 0 Å². The summed E-state index contributed by atoms with van der Waals surface area (Å²) in [5.41, 5.74) is 0. The molecule has 1 aliphatic heterocycles. The van der Waals surface area contributed by atoms with Crippen LogP contribution in [-0.4, -0.2) is 24.8 Å². The molecule has 1 heterocycles. The fourth-order valence-electron chi connectivity index (χ4n) is 2.08. The van der Waals surface area contributed by atoms with Crippen molar-refractivity contribution in [2.24, 2.45) is 0 Å². The molecule has 86 valence electrons. The van der Waals surface area contributed by atoms with Crippen LogP contribution in [0.15, 0.2) is 12.2 Å². The fourth-order valence-corrected chi connectivity index (χ4v) is 2.08. The molecule has 2 heteroatoms. The Morgan fingerprint density at radius 2 is 2.07 bits per heavy atom. The molecule has 0 spiro atoms. The van der Waals surface area contributed by atoms with Crippen molar-refractivity contribution in [3.05, 3.63) is 12.2 Å². The third-order valence-corrected chi connectivity index (χ3v) is 3.21. The molecular formula is C13H23NO. The molecule has 0 bridgehead atoms. The van der Waals surface area contributed by atoms with E-state index in [4.69, 9.17) is 4.74 Å². The van der Waals surface area contributed by atoms with E-state index in [0.29, 0.717) is 12.2 Å². The summed E-state index contributed by atoms with van der Waals surface area (Å²) >= 11 is 0. The maximum atomic E-state index is 5.75. The average Bonchev–Trinajstić information content (AvgIpc) is 2.95. The zero-order valence-corrected chi connectivity index (χ0v) is 9.74. The van der Waals surface area contributed by atoms with Crippen LogP contribution in [0.2, 0.25) is 0 Å². The number of hydrogen-bond donors (Lipinski definition) is 1. The second kappa shape index (κ2) is 5.66. The van der Waals surface area contributed by atoms with Crippen molar-refractivity contribution in [3.63, 3.8) is 0 Å². The van der Waals surface area contributed by atoms with E-state index >= 15 is 0 Å².